The Bertz CT molecular complexity index is 2570. The summed E-state index contributed by atoms with van der Waals surface area (Å²) < 4.78 is 0. The van der Waals surface area contributed by atoms with Gasteiger partial charge in [0, 0.05) is 45.1 Å². The molecule has 3 nitrogen and oxygen atoms in total. The van der Waals surface area contributed by atoms with E-state index < -0.39 is 0 Å². The Kier molecular flexibility index (Phi) is 6.86. The van der Waals surface area contributed by atoms with Crippen LogP contribution >= 0.6 is 0 Å². The monoisotopic (exact) mass is 695 g/mol. The first-order chi connectivity index (χ1) is 26.6. The fourth-order valence-corrected chi connectivity index (χ4v) is 10.7. The highest BCUT2D eigenvalue weighted by Crippen LogP contribution is 2.62. The molecule has 1 aliphatic carbocycles. The molecule has 0 aromatic heterocycles. The highest BCUT2D eigenvalue weighted by molar-refractivity contribution is 7.00. The van der Waals surface area contributed by atoms with Gasteiger partial charge >= 0.3 is 0 Å². The topological polar surface area (TPSA) is 9.72 Å². The zero-order chi connectivity index (χ0) is 36.0. The predicted octanol–water partition coefficient (Wildman–Crippen LogP) is 11.2. The number of anilines is 8. The van der Waals surface area contributed by atoms with Crippen LogP contribution in [-0.4, -0.2) is 12.3 Å². The van der Waals surface area contributed by atoms with E-state index in [4.69, 9.17) is 0 Å². The maximum Gasteiger partial charge on any atom is 0.252 e. The van der Waals surface area contributed by atoms with Crippen molar-refractivity contribution in [3.8, 4) is 11.1 Å². The predicted molar refractivity (Wildman–Crippen MR) is 229 cm³/mol. The number of benzene rings is 7. The van der Waals surface area contributed by atoms with Gasteiger partial charge in [-0.3, -0.25) is 0 Å². The summed E-state index contributed by atoms with van der Waals surface area (Å²) in [6, 6.07) is 63.1. The lowest BCUT2D eigenvalue weighted by Gasteiger charge is -2.53. The first kappa shape index (κ1) is 31.5. The van der Waals surface area contributed by atoms with Gasteiger partial charge in [0.25, 0.3) is 6.71 Å². The second-order valence-electron chi connectivity index (χ2n) is 16.0. The molecule has 7 aromatic rings. The van der Waals surface area contributed by atoms with Crippen LogP contribution in [0.5, 0.6) is 0 Å². The fourth-order valence-electron chi connectivity index (χ4n) is 10.7. The Morgan fingerprint density at radius 1 is 0.556 bits per heavy atom. The van der Waals surface area contributed by atoms with Crippen molar-refractivity contribution in [3.05, 3.63) is 175 Å². The number of hydrogen-bond donors (Lipinski definition) is 0. The van der Waals surface area contributed by atoms with Crippen LogP contribution in [0, 0.1) is 0 Å². The van der Waals surface area contributed by atoms with Crippen LogP contribution in [-0.2, 0) is 5.41 Å². The van der Waals surface area contributed by atoms with Crippen LogP contribution < -0.4 is 31.1 Å². The van der Waals surface area contributed by atoms with Crippen LogP contribution in [0.3, 0.4) is 0 Å². The number of para-hydroxylation sites is 5. The molecular weight excluding hydrogens is 653 g/mol. The van der Waals surface area contributed by atoms with E-state index >= 15 is 0 Å². The molecule has 3 aliphatic heterocycles. The second-order valence-corrected chi connectivity index (χ2v) is 16.0. The lowest BCUT2D eigenvalue weighted by molar-refractivity contribution is 0.195. The molecular formula is C50H42BN3. The summed E-state index contributed by atoms with van der Waals surface area (Å²) in [4.78, 5) is 7.87. The summed E-state index contributed by atoms with van der Waals surface area (Å²) in [5.74, 6) is 0. The van der Waals surface area contributed by atoms with Crippen molar-refractivity contribution in [1.29, 1.82) is 0 Å². The molecule has 54 heavy (non-hydrogen) atoms. The van der Waals surface area contributed by atoms with Gasteiger partial charge in [-0.1, -0.05) is 141 Å². The molecule has 2 unspecified atom stereocenters. The van der Waals surface area contributed by atoms with E-state index in [0.717, 1.165) is 17.1 Å². The Morgan fingerprint density at radius 2 is 1.20 bits per heavy atom. The van der Waals surface area contributed by atoms with Crippen LogP contribution in [0.25, 0.3) is 11.1 Å². The van der Waals surface area contributed by atoms with Crippen molar-refractivity contribution in [1.82, 2.24) is 0 Å². The summed E-state index contributed by atoms with van der Waals surface area (Å²) in [5, 5.41) is 0. The normalized spacial score (nSPS) is 20.1. The Labute approximate surface area is 319 Å². The van der Waals surface area contributed by atoms with Crippen molar-refractivity contribution in [2.24, 2.45) is 0 Å². The zero-order valence-corrected chi connectivity index (χ0v) is 30.9. The van der Waals surface area contributed by atoms with Gasteiger partial charge in [0.1, 0.15) is 0 Å². The molecule has 4 aliphatic rings. The molecule has 0 amide bonds. The molecule has 0 bridgehead atoms. The van der Waals surface area contributed by atoms with Gasteiger partial charge in [-0.15, -0.1) is 0 Å². The average molecular weight is 696 g/mol. The molecule has 7 aromatic carbocycles. The molecule has 0 N–H and O–H groups in total. The smallest absolute Gasteiger partial charge is 0.252 e. The standard InChI is InChI=1S/C50H42BN3/c1-49-31-16-17-32-50(49,2)54-46-34-38(52(36-21-8-4-9-22-36)43-29-14-12-25-39(43)35-19-6-3-7-20-35)33-45-47(46)51(42-28-18-26-40(49)48(42)54)41-27-13-15-30-44(41)53(45)37-23-10-5-11-24-37/h3-15,18-30,33-34H,16-17,31-32H2,1-2H3. The van der Waals surface area contributed by atoms with Gasteiger partial charge in [0.15, 0.2) is 0 Å². The minimum atomic E-state index is -0.0604. The van der Waals surface area contributed by atoms with E-state index in [1.54, 1.807) is 0 Å². The Morgan fingerprint density at radius 3 is 2.02 bits per heavy atom. The first-order valence-corrected chi connectivity index (χ1v) is 19.6. The SMILES string of the molecule is CC12CCCCC1(C)N1c3cc(N(c4ccccc4)c4ccccc4-c4ccccc4)cc4c3B(c3ccccc3N4c3ccccc3)c3cccc2c31. The largest absolute Gasteiger partial charge is 0.335 e. The van der Waals surface area contributed by atoms with E-state index in [9.17, 15) is 0 Å². The Balaban J connectivity index is 1.26. The van der Waals surface area contributed by atoms with Crippen LogP contribution in [0.4, 0.5) is 45.5 Å². The molecule has 1 saturated carbocycles. The third-order valence-electron chi connectivity index (χ3n) is 13.4. The maximum absolute atomic E-state index is 2.83. The summed E-state index contributed by atoms with van der Waals surface area (Å²) in [6.07, 6.45) is 4.89. The summed E-state index contributed by atoms with van der Waals surface area (Å²) >= 11 is 0. The molecule has 0 spiro atoms. The van der Waals surface area contributed by atoms with Gasteiger partial charge in [-0.2, -0.15) is 0 Å². The average Bonchev–Trinajstić information content (AvgIpc) is 3.44. The van der Waals surface area contributed by atoms with Gasteiger partial charge in [0.05, 0.1) is 16.9 Å². The van der Waals surface area contributed by atoms with Crippen molar-refractivity contribution in [3.63, 3.8) is 0 Å². The minimum absolute atomic E-state index is 0.0463. The number of fused-ring (bicyclic) bond motifs is 7. The molecule has 1 fully saturated rings. The molecule has 2 atom stereocenters. The van der Waals surface area contributed by atoms with Gasteiger partial charge in [-0.05, 0) is 95.8 Å². The zero-order valence-electron chi connectivity index (χ0n) is 30.9. The minimum Gasteiger partial charge on any atom is -0.335 e. The van der Waals surface area contributed by atoms with Crippen LogP contribution in [0.15, 0.2) is 170 Å². The summed E-state index contributed by atoms with van der Waals surface area (Å²) in [6.45, 7) is 5.26. The number of rotatable bonds is 5. The van der Waals surface area contributed by atoms with Crippen molar-refractivity contribution in [2.45, 2.75) is 50.5 Å². The molecule has 3 heterocycles. The highest BCUT2D eigenvalue weighted by Gasteiger charge is 2.61. The molecule has 0 radical (unpaired) electrons. The quantitative estimate of drug-likeness (QED) is 0.166. The van der Waals surface area contributed by atoms with Crippen LogP contribution in [0.1, 0.15) is 45.1 Å². The van der Waals surface area contributed by atoms with Gasteiger partial charge in [0.2, 0.25) is 0 Å². The van der Waals surface area contributed by atoms with Crippen molar-refractivity contribution in [2.75, 3.05) is 14.7 Å². The van der Waals surface area contributed by atoms with Gasteiger partial charge in [-0.25, -0.2) is 0 Å². The van der Waals surface area contributed by atoms with E-state index in [0.29, 0.717) is 0 Å². The number of nitrogens with zero attached hydrogens (tertiary/aromatic N) is 3. The Hall–Kier alpha value is -6.00. The third kappa shape index (κ3) is 4.25. The van der Waals surface area contributed by atoms with E-state index in [-0.39, 0.29) is 17.7 Å². The first-order valence-electron chi connectivity index (χ1n) is 19.6. The van der Waals surface area contributed by atoms with E-state index in [1.165, 1.54) is 87.2 Å². The lowest BCUT2D eigenvalue weighted by Crippen LogP contribution is -2.64. The lowest BCUT2D eigenvalue weighted by atomic mass is 9.33. The third-order valence-corrected chi connectivity index (χ3v) is 13.4. The van der Waals surface area contributed by atoms with Crippen molar-refractivity contribution < 1.29 is 0 Å². The van der Waals surface area contributed by atoms with Crippen molar-refractivity contribution >= 4 is 68.6 Å². The summed E-state index contributed by atoms with van der Waals surface area (Å²) in [5.41, 5.74) is 18.1. The van der Waals surface area contributed by atoms with Gasteiger partial charge < -0.3 is 14.7 Å². The van der Waals surface area contributed by atoms with Crippen LogP contribution in [0.2, 0.25) is 0 Å². The second kappa shape index (κ2) is 11.8. The highest BCUT2D eigenvalue weighted by atomic mass is 15.3. The molecule has 11 rings (SSSR count). The molecule has 4 heteroatoms. The van der Waals surface area contributed by atoms with E-state index in [1.807, 2.05) is 0 Å². The van der Waals surface area contributed by atoms with E-state index in [2.05, 4.69) is 198 Å². The fraction of sp³-hybridized carbons (Fsp3) is 0.160. The molecule has 260 valence electrons. The number of hydrogen-bond acceptors (Lipinski definition) is 3. The maximum atomic E-state index is 2.83. The summed E-state index contributed by atoms with van der Waals surface area (Å²) in [7, 11) is 0. The molecule has 0 saturated heterocycles.